The number of nitrogens with one attached hydrogen (secondary N) is 1. The molecule has 104 valence electrons. The lowest BCUT2D eigenvalue weighted by molar-refractivity contribution is 0.354. The van der Waals surface area contributed by atoms with Gasteiger partial charge in [0.05, 0.1) is 6.61 Å². The Balaban J connectivity index is 1.82. The van der Waals surface area contributed by atoms with Crippen molar-refractivity contribution in [3.8, 4) is 5.75 Å². The van der Waals surface area contributed by atoms with Gasteiger partial charge in [-0.3, -0.25) is 0 Å². The van der Waals surface area contributed by atoms with Crippen LogP contribution in [0, 0.1) is 0 Å². The van der Waals surface area contributed by atoms with E-state index in [1.807, 2.05) is 12.1 Å². The van der Waals surface area contributed by atoms with Crippen molar-refractivity contribution in [2.45, 2.75) is 26.3 Å². The van der Waals surface area contributed by atoms with Crippen molar-refractivity contribution < 1.29 is 4.74 Å². The number of rotatable bonds is 4. The Bertz CT molecular complexity index is 624. The molecule has 0 saturated heterocycles. The standard InChI is InChI=1S/C17H18ClNO/c1-2-12-5-3-4-6-16(12)19-11-14-10-15(18)9-13-7-8-20-17(13)14/h3-6,9-10,19H,2,7-8,11H2,1H3. The minimum Gasteiger partial charge on any atom is -0.493 e. The lowest BCUT2D eigenvalue weighted by atomic mass is 10.1. The second-order valence-corrected chi connectivity index (χ2v) is 5.45. The number of benzene rings is 2. The number of anilines is 1. The molecule has 1 aliphatic rings. The number of ether oxygens (including phenoxy) is 1. The van der Waals surface area contributed by atoms with Gasteiger partial charge in [-0.1, -0.05) is 36.7 Å². The van der Waals surface area contributed by atoms with E-state index in [0.29, 0.717) is 0 Å². The molecule has 0 spiro atoms. The molecule has 0 unspecified atom stereocenters. The van der Waals surface area contributed by atoms with Crippen LogP contribution in [0.1, 0.15) is 23.6 Å². The third-order valence-corrected chi connectivity index (χ3v) is 3.91. The molecule has 20 heavy (non-hydrogen) atoms. The molecule has 0 aromatic heterocycles. The monoisotopic (exact) mass is 287 g/mol. The summed E-state index contributed by atoms with van der Waals surface area (Å²) < 4.78 is 5.73. The van der Waals surface area contributed by atoms with Gasteiger partial charge in [-0.25, -0.2) is 0 Å². The van der Waals surface area contributed by atoms with Gasteiger partial charge in [-0.2, -0.15) is 0 Å². The predicted octanol–water partition coefficient (Wildman–Crippen LogP) is 4.45. The highest BCUT2D eigenvalue weighted by Crippen LogP contribution is 2.33. The van der Waals surface area contributed by atoms with Gasteiger partial charge in [0.2, 0.25) is 0 Å². The van der Waals surface area contributed by atoms with Gasteiger partial charge in [0, 0.05) is 29.2 Å². The summed E-state index contributed by atoms with van der Waals surface area (Å²) in [7, 11) is 0. The first-order chi connectivity index (χ1) is 9.78. The lowest BCUT2D eigenvalue weighted by Crippen LogP contribution is -2.03. The molecule has 0 bridgehead atoms. The van der Waals surface area contributed by atoms with Crippen molar-refractivity contribution in [1.29, 1.82) is 0 Å². The third kappa shape index (κ3) is 2.61. The highest BCUT2D eigenvalue weighted by molar-refractivity contribution is 6.30. The van der Waals surface area contributed by atoms with E-state index in [0.717, 1.165) is 42.3 Å². The molecular formula is C17H18ClNO. The fourth-order valence-corrected chi connectivity index (χ4v) is 2.93. The van der Waals surface area contributed by atoms with Gasteiger partial charge in [0.25, 0.3) is 0 Å². The molecule has 0 aliphatic carbocycles. The van der Waals surface area contributed by atoms with Gasteiger partial charge in [-0.05, 0) is 35.7 Å². The SMILES string of the molecule is CCc1ccccc1NCc1cc(Cl)cc2c1OCC2. The van der Waals surface area contributed by atoms with E-state index in [9.17, 15) is 0 Å². The summed E-state index contributed by atoms with van der Waals surface area (Å²) in [5.74, 6) is 1.01. The zero-order valence-electron chi connectivity index (χ0n) is 11.6. The molecule has 0 fully saturated rings. The molecule has 1 heterocycles. The number of aryl methyl sites for hydroxylation is 1. The number of halogens is 1. The first kappa shape index (κ1) is 13.3. The zero-order valence-corrected chi connectivity index (χ0v) is 12.3. The van der Waals surface area contributed by atoms with Crippen LogP contribution in [0.25, 0.3) is 0 Å². The summed E-state index contributed by atoms with van der Waals surface area (Å²) in [6.45, 7) is 3.66. The van der Waals surface area contributed by atoms with Crippen LogP contribution in [-0.4, -0.2) is 6.61 Å². The average Bonchev–Trinajstić information content (AvgIpc) is 2.93. The maximum Gasteiger partial charge on any atom is 0.127 e. The molecule has 1 N–H and O–H groups in total. The number of fused-ring (bicyclic) bond motifs is 1. The maximum absolute atomic E-state index is 6.19. The van der Waals surface area contributed by atoms with Crippen molar-refractivity contribution in [1.82, 2.24) is 0 Å². The van der Waals surface area contributed by atoms with Gasteiger partial charge in [0.1, 0.15) is 5.75 Å². The van der Waals surface area contributed by atoms with Crippen LogP contribution in [0.5, 0.6) is 5.75 Å². The van der Waals surface area contributed by atoms with Crippen LogP contribution in [-0.2, 0) is 19.4 Å². The van der Waals surface area contributed by atoms with Crippen LogP contribution in [0.2, 0.25) is 5.02 Å². The largest absolute Gasteiger partial charge is 0.493 e. The quantitative estimate of drug-likeness (QED) is 0.897. The zero-order chi connectivity index (χ0) is 13.9. The lowest BCUT2D eigenvalue weighted by Gasteiger charge is -2.13. The Kier molecular flexibility index (Phi) is 3.83. The Morgan fingerprint density at radius 3 is 2.90 bits per heavy atom. The van der Waals surface area contributed by atoms with Crippen molar-refractivity contribution in [3.05, 3.63) is 58.1 Å². The Hall–Kier alpha value is -1.67. The van der Waals surface area contributed by atoms with E-state index in [1.54, 1.807) is 0 Å². The minimum absolute atomic E-state index is 0.736. The summed E-state index contributed by atoms with van der Waals surface area (Å²) in [6.07, 6.45) is 1.97. The van der Waals surface area contributed by atoms with E-state index in [4.69, 9.17) is 16.3 Å². The van der Waals surface area contributed by atoms with Crippen molar-refractivity contribution >= 4 is 17.3 Å². The van der Waals surface area contributed by atoms with E-state index in [-0.39, 0.29) is 0 Å². The van der Waals surface area contributed by atoms with Crippen LogP contribution in [0.15, 0.2) is 36.4 Å². The summed E-state index contributed by atoms with van der Waals surface area (Å²) in [4.78, 5) is 0. The molecule has 1 aliphatic heterocycles. The van der Waals surface area contributed by atoms with Gasteiger partial charge < -0.3 is 10.1 Å². The Morgan fingerprint density at radius 2 is 2.05 bits per heavy atom. The molecule has 0 saturated carbocycles. The van der Waals surface area contributed by atoms with E-state index in [1.165, 1.54) is 16.8 Å². The predicted molar refractivity (Wildman–Crippen MR) is 83.8 cm³/mol. The highest BCUT2D eigenvalue weighted by Gasteiger charge is 2.17. The summed E-state index contributed by atoms with van der Waals surface area (Å²) in [5.41, 5.74) is 4.86. The summed E-state index contributed by atoms with van der Waals surface area (Å²) in [5, 5.41) is 4.29. The second-order valence-electron chi connectivity index (χ2n) is 5.02. The fourth-order valence-electron chi connectivity index (χ4n) is 2.67. The Labute approximate surface area is 124 Å². The fraction of sp³-hybridized carbons (Fsp3) is 0.294. The Morgan fingerprint density at radius 1 is 1.20 bits per heavy atom. The molecule has 2 nitrogen and oxygen atoms in total. The first-order valence-electron chi connectivity index (χ1n) is 7.04. The normalized spacial score (nSPS) is 12.9. The molecule has 0 radical (unpaired) electrons. The van der Waals surface area contributed by atoms with Crippen molar-refractivity contribution in [2.75, 3.05) is 11.9 Å². The van der Waals surface area contributed by atoms with Gasteiger partial charge >= 0.3 is 0 Å². The molecule has 3 heteroatoms. The molecule has 2 aromatic rings. The minimum atomic E-state index is 0.736. The molecule has 0 amide bonds. The second kappa shape index (κ2) is 5.76. The number of hydrogen-bond donors (Lipinski definition) is 1. The van der Waals surface area contributed by atoms with E-state index in [2.05, 4.69) is 36.5 Å². The van der Waals surface area contributed by atoms with Crippen LogP contribution in [0.4, 0.5) is 5.69 Å². The van der Waals surface area contributed by atoms with E-state index < -0.39 is 0 Å². The van der Waals surface area contributed by atoms with Gasteiger partial charge in [-0.15, -0.1) is 0 Å². The maximum atomic E-state index is 6.19. The summed E-state index contributed by atoms with van der Waals surface area (Å²) in [6, 6.07) is 12.4. The molecular weight excluding hydrogens is 270 g/mol. The average molecular weight is 288 g/mol. The van der Waals surface area contributed by atoms with Crippen LogP contribution in [0.3, 0.4) is 0 Å². The first-order valence-corrected chi connectivity index (χ1v) is 7.41. The topological polar surface area (TPSA) is 21.3 Å². The summed E-state index contributed by atoms with van der Waals surface area (Å²) >= 11 is 6.19. The third-order valence-electron chi connectivity index (χ3n) is 3.69. The molecule has 2 aromatic carbocycles. The van der Waals surface area contributed by atoms with Crippen molar-refractivity contribution in [3.63, 3.8) is 0 Å². The molecule has 0 atom stereocenters. The van der Waals surface area contributed by atoms with Crippen LogP contribution >= 0.6 is 11.6 Å². The molecule has 3 rings (SSSR count). The number of hydrogen-bond acceptors (Lipinski definition) is 2. The van der Waals surface area contributed by atoms with E-state index >= 15 is 0 Å². The van der Waals surface area contributed by atoms with Crippen molar-refractivity contribution in [2.24, 2.45) is 0 Å². The van der Waals surface area contributed by atoms with Gasteiger partial charge in [0.15, 0.2) is 0 Å². The highest BCUT2D eigenvalue weighted by atomic mass is 35.5. The smallest absolute Gasteiger partial charge is 0.127 e. The number of para-hydroxylation sites is 1. The van der Waals surface area contributed by atoms with Crippen LogP contribution < -0.4 is 10.1 Å².